The lowest BCUT2D eigenvalue weighted by Crippen LogP contribution is -2.26. The number of aliphatic hydroxyl groups excluding tert-OH is 2. The second-order valence-corrected chi connectivity index (χ2v) is 7.64. The van der Waals surface area contributed by atoms with Gasteiger partial charge in [-0.2, -0.15) is 0 Å². The van der Waals surface area contributed by atoms with E-state index in [1.54, 1.807) is 18.2 Å². The van der Waals surface area contributed by atoms with E-state index in [1.165, 1.54) is 18.3 Å². The van der Waals surface area contributed by atoms with Crippen LogP contribution in [0.5, 0.6) is 5.88 Å². The quantitative estimate of drug-likeness (QED) is 0.618. The Kier molecular flexibility index (Phi) is 6.18. The zero-order valence-electron chi connectivity index (χ0n) is 16.2. The summed E-state index contributed by atoms with van der Waals surface area (Å²) in [6.07, 6.45) is 1.12. The number of nitrogens with zero attached hydrogens (tertiary/aromatic N) is 2. The van der Waals surface area contributed by atoms with Crippen LogP contribution in [0.1, 0.15) is 29.2 Å². The van der Waals surface area contributed by atoms with Crippen LogP contribution in [0, 0.1) is 5.82 Å². The van der Waals surface area contributed by atoms with Gasteiger partial charge in [-0.15, -0.1) is 0 Å². The van der Waals surface area contributed by atoms with E-state index >= 15 is 0 Å². The van der Waals surface area contributed by atoms with Crippen molar-refractivity contribution >= 4 is 17.3 Å². The van der Waals surface area contributed by atoms with Crippen molar-refractivity contribution in [2.75, 3.05) is 18.0 Å². The van der Waals surface area contributed by atoms with Crippen LogP contribution in [0.25, 0.3) is 0 Å². The molecule has 156 valence electrons. The third-order valence-corrected chi connectivity index (χ3v) is 5.62. The molecular formula is C23H22ClFN2O3. The second kappa shape index (κ2) is 9.00. The molecule has 5 nitrogen and oxygen atoms in total. The van der Waals surface area contributed by atoms with Crippen LogP contribution in [0.15, 0.2) is 60.8 Å². The Labute approximate surface area is 179 Å². The van der Waals surface area contributed by atoms with E-state index in [4.69, 9.17) is 16.3 Å². The fourth-order valence-electron chi connectivity index (χ4n) is 3.75. The summed E-state index contributed by atoms with van der Waals surface area (Å²) in [6, 6.07) is 15.5. The topological polar surface area (TPSA) is 65.8 Å². The van der Waals surface area contributed by atoms with Gasteiger partial charge in [0.1, 0.15) is 12.2 Å². The van der Waals surface area contributed by atoms with E-state index in [1.807, 2.05) is 24.3 Å². The van der Waals surface area contributed by atoms with Gasteiger partial charge in [-0.25, -0.2) is 9.37 Å². The van der Waals surface area contributed by atoms with Gasteiger partial charge in [-0.3, -0.25) is 0 Å². The van der Waals surface area contributed by atoms with E-state index in [9.17, 15) is 14.6 Å². The largest absolute Gasteiger partial charge is 0.470 e. The predicted molar refractivity (Wildman–Crippen MR) is 113 cm³/mol. The van der Waals surface area contributed by atoms with Gasteiger partial charge in [0.05, 0.1) is 13.2 Å². The summed E-state index contributed by atoms with van der Waals surface area (Å²) in [6.45, 7) is 1.09. The summed E-state index contributed by atoms with van der Waals surface area (Å²) < 4.78 is 19.5. The maximum atomic E-state index is 13.8. The number of ether oxygens (including phenoxy) is 1. The minimum absolute atomic E-state index is 0.00458. The van der Waals surface area contributed by atoms with Crippen LogP contribution in [0.2, 0.25) is 5.02 Å². The fourth-order valence-corrected chi connectivity index (χ4v) is 3.99. The Morgan fingerprint density at radius 2 is 2.03 bits per heavy atom. The van der Waals surface area contributed by atoms with Crippen LogP contribution < -0.4 is 9.64 Å². The van der Waals surface area contributed by atoms with Gasteiger partial charge < -0.3 is 19.8 Å². The molecule has 2 heterocycles. The summed E-state index contributed by atoms with van der Waals surface area (Å²) >= 11 is 6.21. The lowest BCUT2D eigenvalue weighted by Gasteiger charge is -2.23. The summed E-state index contributed by atoms with van der Waals surface area (Å²) in [5, 5.41) is 21.1. The van der Waals surface area contributed by atoms with Crippen LogP contribution in [0.4, 0.5) is 10.1 Å². The lowest BCUT2D eigenvalue weighted by molar-refractivity contribution is 0.205. The standard InChI is InChI=1S/C23H22ClFN2O3/c24-19-5-2-1-4-18(19)22(29)15-7-8-21(16(12-15)14-28)27-11-9-17(13-27)30-23-20(25)6-3-10-26-23/h1-8,10,12,17,22,28-29H,9,11,13-14H2/t17-,22?/m0/s1. The third-order valence-electron chi connectivity index (χ3n) is 5.28. The molecule has 0 saturated carbocycles. The van der Waals surface area contributed by atoms with Gasteiger partial charge in [0, 0.05) is 41.0 Å². The molecule has 3 aromatic rings. The van der Waals surface area contributed by atoms with Crippen molar-refractivity contribution in [3.63, 3.8) is 0 Å². The first-order valence-electron chi connectivity index (χ1n) is 9.75. The van der Waals surface area contributed by atoms with Gasteiger partial charge in [0.15, 0.2) is 5.82 Å². The first-order valence-corrected chi connectivity index (χ1v) is 10.1. The molecule has 0 aliphatic carbocycles. The average molecular weight is 429 g/mol. The van der Waals surface area contributed by atoms with E-state index in [-0.39, 0.29) is 18.6 Å². The molecule has 1 aliphatic rings. The molecule has 0 amide bonds. The zero-order chi connectivity index (χ0) is 21.1. The minimum Gasteiger partial charge on any atom is -0.470 e. The molecular weight excluding hydrogens is 407 g/mol. The monoisotopic (exact) mass is 428 g/mol. The van der Waals surface area contributed by atoms with Crippen LogP contribution in [-0.4, -0.2) is 34.4 Å². The maximum absolute atomic E-state index is 13.8. The molecule has 0 radical (unpaired) electrons. The summed E-state index contributed by atoms with van der Waals surface area (Å²) in [5.74, 6) is -0.477. The summed E-state index contributed by atoms with van der Waals surface area (Å²) in [5.41, 5.74) is 2.82. The predicted octanol–water partition coefficient (Wildman–Crippen LogP) is 4.11. The summed E-state index contributed by atoms with van der Waals surface area (Å²) in [7, 11) is 0. The normalized spacial score (nSPS) is 17.2. The Morgan fingerprint density at radius 3 is 2.80 bits per heavy atom. The zero-order valence-corrected chi connectivity index (χ0v) is 17.0. The number of hydrogen-bond acceptors (Lipinski definition) is 5. The molecule has 0 spiro atoms. The number of aliphatic hydroxyl groups is 2. The lowest BCUT2D eigenvalue weighted by atomic mass is 9.98. The number of hydrogen-bond donors (Lipinski definition) is 2. The molecule has 4 rings (SSSR count). The van der Waals surface area contributed by atoms with Crippen molar-refractivity contribution in [2.45, 2.75) is 25.2 Å². The number of rotatable bonds is 6. The SMILES string of the molecule is OCc1cc(C(O)c2ccccc2Cl)ccc1N1CC[C@H](Oc2ncccc2F)C1. The molecule has 2 N–H and O–H groups in total. The molecule has 30 heavy (non-hydrogen) atoms. The highest BCUT2D eigenvalue weighted by Crippen LogP contribution is 2.33. The van der Waals surface area contributed by atoms with E-state index < -0.39 is 11.9 Å². The second-order valence-electron chi connectivity index (χ2n) is 7.24. The highest BCUT2D eigenvalue weighted by atomic mass is 35.5. The fraction of sp³-hybridized carbons (Fsp3) is 0.261. The molecule has 1 aromatic heterocycles. The van der Waals surface area contributed by atoms with E-state index in [2.05, 4.69) is 9.88 Å². The summed E-state index contributed by atoms with van der Waals surface area (Å²) in [4.78, 5) is 6.03. The Balaban J connectivity index is 1.51. The van der Waals surface area contributed by atoms with Crippen LogP contribution >= 0.6 is 11.6 Å². The van der Waals surface area contributed by atoms with Crippen molar-refractivity contribution in [2.24, 2.45) is 0 Å². The van der Waals surface area contributed by atoms with Crippen molar-refractivity contribution in [1.82, 2.24) is 4.98 Å². The average Bonchev–Trinajstić information content (AvgIpc) is 3.23. The molecule has 0 bridgehead atoms. The van der Waals surface area contributed by atoms with Gasteiger partial charge in [-0.05, 0) is 35.9 Å². The van der Waals surface area contributed by atoms with Crippen molar-refractivity contribution in [3.8, 4) is 5.88 Å². The Morgan fingerprint density at radius 1 is 1.20 bits per heavy atom. The van der Waals surface area contributed by atoms with Crippen molar-refractivity contribution in [1.29, 1.82) is 0 Å². The van der Waals surface area contributed by atoms with Crippen molar-refractivity contribution < 1.29 is 19.3 Å². The molecule has 2 atom stereocenters. The molecule has 1 unspecified atom stereocenters. The highest BCUT2D eigenvalue weighted by molar-refractivity contribution is 6.31. The first kappa shape index (κ1) is 20.6. The van der Waals surface area contributed by atoms with E-state index in [0.717, 1.165) is 5.69 Å². The maximum Gasteiger partial charge on any atom is 0.250 e. The molecule has 2 aromatic carbocycles. The van der Waals surface area contributed by atoms with Gasteiger partial charge in [0.2, 0.25) is 0 Å². The highest BCUT2D eigenvalue weighted by Gasteiger charge is 2.27. The Hall–Kier alpha value is -2.67. The Bertz CT molecular complexity index is 1030. The number of pyridine rings is 1. The minimum atomic E-state index is -0.889. The number of anilines is 1. The van der Waals surface area contributed by atoms with E-state index in [0.29, 0.717) is 41.2 Å². The molecule has 7 heteroatoms. The van der Waals surface area contributed by atoms with Gasteiger partial charge >= 0.3 is 0 Å². The third kappa shape index (κ3) is 4.26. The van der Waals surface area contributed by atoms with Crippen molar-refractivity contribution in [3.05, 3.63) is 88.3 Å². The smallest absolute Gasteiger partial charge is 0.250 e. The molecule has 1 fully saturated rings. The number of halogens is 2. The van der Waals surface area contributed by atoms with Crippen LogP contribution in [-0.2, 0) is 6.61 Å². The number of aromatic nitrogens is 1. The van der Waals surface area contributed by atoms with Gasteiger partial charge in [0.25, 0.3) is 5.88 Å². The van der Waals surface area contributed by atoms with Crippen LogP contribution in [0.3, 0.4) is 0 Å². The first-order chi connectivity index (χ1) is 14.6. The van der Waals surface area contributed by atoms with Gasteiger partial charge in [-0.1, -0.05) is 35.9 Å². The molecule has 1 aliphatic heterocycles. The number of benzene rings is 2. The molecule has 1 saturated heterocycles.